The van der Waals surface area contributed by atoms with Gasteiger partial charge in [0, 0.05) is 38.2 Å². The molecular weight excluding hydrogens is 444 g/mol. The summed E-state index contributed by atoms with van der Waals surface area (Å²) in [6, 6.07) is 17.4. The highest BCUT2D eigenvalue weighted by atomic mass is 16.6. The topological polar surface area (TPSA) is 87.3 Å². The normalized spacial score (nSPS) is 20.5. The molecule has 3 heterocycles. The van der Waals surface area contributed by atoms with E-state index in [0.717, 1.165) is 43.0 Å². The van der Waals surface area contributed by atoms with Gasteiger partial charge in [-0.25, -0.2) is 0 Å². The smallest absolute Gasteiger partial charge is 0.254 e. The minimum Gasteiger partial charge on any atom is -0.399 e. The summed E-state index contributed by atoms with van der Waals surface area (Å²) in [5.41, 5.74) is 3.56. The van der Waals surface area contributed by atoms with E-state index in [9.17, 15) is 4.79 Å². The van der Waals surface area contributed by atoms with Gasteiger partial charge < -0.3 is 19.2 Å². The number of oxime groups is 1. The first-order valence-electron chi connectivity index (χ1n) is 11.9. The van der Waals surface area contributed by atoms with Crippen LogP contribution in [0.5, 0.6) is 0 Å². The molecule has 0 aliphatic carbocycles. The van der Waals surface area contributed by atoms with Gasteiger partial charge in [0.1, 0.15) is 13.2 Å². The van der Waals surface area contributed by atoms with Gasteiger partial charge in [-0.2, -0.15) is 4.98 Å². The van der Waals surface area contributed by atoms with Crippen LogP contribution in [0, 0.1) is 0 Å². The Hall–Kier alpha value is -3.56. The summed E-state index contributed by atoms with van der Waals surface area (Å²) >= 11 is 0. The molecule has 182 valence electrons. The van der Waals surface area contributed by atoms with Gasteiger partial charge in [-0.1, -0.05) is 52.8 Å². The fraction of sp³-hybridized carbons (Fsp3) is 0.385. The number of hydrogen-bond acceptors (Lipinski definition) is 8. The van der Waals surface area contributed by atoms with Gasteiger partial charge in [0.15, 0.2) is 5.82 Å². The number of hydrogen-bond donors (Lipinski definition) is 0. The molecule has 2 saturated heterocycles. The number of rotatable bonds is 6. The fourth-order valence-corrected chi connectivity index (χ4v) is 4.61. The SMILES string of the molecule is CO/N=C1/C[C@@H](c2noc(CN3CCN(C)CC3)n2)N(C(=O)c2ccc(-c3ccccc3)cc2)C1. The van der Waals surface area contributed by atoms with Crippen LogP contribution in [0.2, 0.25) is 0 Å². The molecule has 2 fully saturated rings. The van der Waals surface area contributed by atoms with E-state index in [0.29, 0.717) is 36.8 Å². The van der Waals surface area contributed by atoms with Crippen LogP contribution < -0.4 is 0 Å². The average Bonchev–Trinajstić information content (AvgIpc) is 3.53. The third-order valence-corrected chi connectivity index (χ3v) is 6.61. The van der Waals surface area contributed by atoms with Crippen molar-refractivity contribution in [3.63, 3.8) is 0 Å². The number of likely N-dealkylation sites (N-methyl/N-ethyl adjacent to an activating group) is 1. The summed E-state index contributed by atoms with van der Waals surface area (Å²) < 4.78 is 5.57. The third-order valence-electron chi connectivity index (χ3n) is 6.61. The predicted molar refractivity (Wildman–Crippen MR) is 132 cm³/mol. The highest BCUT2D eigenvalue weighted by Crippen LogP contribution is 2.31. The molecule has 0 N–H and O–H groups in total. The molecule has 0 saturated carbocycles. The Bertz CT molecular complexity index is 1170. The van der Waals surface area contributed by atoms with Gasteiger partial charge in [-0.05, 0) is 30.3 Å². The van der Waals surface area contributed by atoms with Crippen LogP contribution in [-0.2, 0) is 11.4 Å². The second-order valence-corrected chi connectivity index (χ2v) is 9.06. The van der Waals surface area contributed by atoms with Crippen molar-refractivity contribution in [3.8, 4) is 11.1 Å². The average molecular weight is 475 g/mol. The maximum absolute atomic E-state index is 13.5. The van der Waals surface area contributed by atoms with Crippen molar-refractivity contribution in [2.75, 3.05) is 46.9 Å². The second-order valence-electron chi connectivity index (χ2n) is 9.06. The van der Waals surface area contributed by atoms with Crippen LogP contribution in [0.4, 0.5) is 0 Å². The van der Waals surface area contributed by atoms with Gasteiger partial charge in [-0.3, -0.25) is 9.69 Å². The van der Waals surface area contributed by atoms with Crippen LogP contribution in [0.3, 0.4) is 0 Å². The maximum Gasteiger partial charge on any atom is 0.254 e. The van der Waals surface area contributed by atoms with Gasteiger partial charge >= 0.3 is 0 Å². The van der Waals surface area contributed by atoms with E-state index >= 15 is 0 Å². The van der Waals surface area contributed by atoms with E-state index in [1.165, 1.54) is 7.11 Å². The van der Waals surface area contributed by atoms with Crippen LogP contribution >= 0.6 is 0 Å². The minimum absolute atomic E-state index is 0.0960. The van der Waals surface area contributed by atoms with Gasteiger partial charge in [-0.15, -0.1) is 0 Å². The summed E-state index contributed by atoms with van der Waals surface area (Å²) in [7, 11) is 3.64. The number of aromatic nitrogens is 2. The Morgan fingerprint density at radius 3 is 2.49 bits per heavy atom. The Kier molecular flexibility index (Phi) is 6.87. The standard InChI is InChI=1S/C26H30N6O3/c1-30-12-14-31(15-13-30)18-24-27-25(29-35-24)23-16-22(28-34-2)17-32(23)26(33)21-10-8-20(9-11-21)19-6-4-3-5-7-19/h3-11,23H,12-18H2,1-2H3/b28-22-/t23-/m0/s1. The molecule has 35 heavy (non-hydrogen) atoms. The predicted octanol–water partition coefficient (Wildman–Crippen LogP) is 3.07. The lowest BCUT2D eigenvalue weighted by atomic mass is 10.0. The molecule has 1 atom stereocenters. The van der Waals surface area contributed by atoms with Crippen LogP contribution in [0.1, 0.15) is 34.5 Å². The number of piperazine rings is 1. The number of nitrogens with zero attached hydrogens (tertiary/aromatic N) is 6. The van der Waals surface area contributed by atoms with E-state index in [1.54, 1.807) is 4.90 Å². The molecule has 0 spiro atoms. The van der Waals surface area contributed by atoms with E-state index < -0.39 is 0 Å². The first-order chi connectivity index (χ1) is 17.1. The molecule has 9 nitrogen and oxygen atoms in total. The zero-order valence-electron chi connectivity index (χ0n) is 20.1. The Morgan fingerprint density at radius 2 is 1.77 bits per heavy atom. The van der Waals surface area contributed by atoms with E-state index in [1.807, 2.05) is 42.5 Å². The quantitative estimate of drug-likeness (QED) is 0.508. The molecule has 2 aromatic carbocycles. The first kappa shape index (κ1) is 23.2. The molecule has 3 aromatic rings. The molecule has 2 aliphatic rings. The number of carbonyl (C=O) groups excluding carboxylic acids is 1. The largest absolute Gasteiger partial charge is 0.399 e. The van der Waals surface area contributed by atoms with Crippen molar-refractivity contribution >= 4 is 11.6 Å². The highest BCUT2D eigenvalue weighted by molar-refractivity contribution is 6.00. The lowest BCUT2D eigenvalue weighted by Crippen LogP contribution is -2.43. The number of likely N-dealkylation sites (tertiary alicyclic amines) is 1. The molecule has 0 radical (unpaired) electrons. The van der Waals surface area contributed by atoms with Crippen LogP contribution in [0.15, 0.2) is 64.3 Å². The summed E-state index contributed by atoms with van der Waals surface area (Å²) in [4.78, 5) is 29.5. The second kappa shape index (κ2) is 10.4. The van der Waals surface area contributed by atoms with E-state index in [-0.39, 0.29) is 11.9 Å². The molecule has 0 unspecified atom stereocenters. The van der Waals surface area contributed by atoms with Crippen molar-refractivity contribution in [3.05, 3.63) is 71.9 Å². The number of benzene rings is 2. The van der Waals surface area contributed by atoms with Gasteiger partial charge in [0.25, 0.3) is 5.91 Å². The summed E-state index contributed by atoms with van der Waals surface area (Å²) in [6.45, 7) is 4.94. The zero-order valence-corrected chi connectivity index (χ0v) is 20.1. The molecule has 2 aliphatic heterocycles. The first-order valence-corrected chi connectivity index (χ1v) is 11.9. The number of amides is 1. The summed E-state index contributed by atoms with van der Waals surface area (Å²) in [5.74, 6) is 0.979. The highest BCUT2D eigenvalue weighted by Gasteiger charge is 2.38. The molecule has 1 amide bonds. The summed E-state index contributed by atoms with van der Waals surface area (Å²) in [5, 5.41) is 8.35. The van der Waals surface area contributed by atoms with Crippen molar-refractivity contribution in [2.24, 2.45) is 5.16 Å². The van der Waals surface area contributed by atoms with E-state index in [4.69, 9.17) is 9.36 Å². The minimum atomic E-state index is -0.352. The monoisotopic (exact) mass is 474 g/mol. The third kappa shape index (κ3) is 5.26. The van der Waals surface area contributed by atoms with Crippen molar-refractivity contribution in [1.82, 2.24) is 24.8 Å². The Balaban J connectivity index is 1.33. The molecular formula is C26H30N6O3. The fourth-order valence-electron chi connectivity index (χ4n) is 4.61. The van der Waals surface area contributed by atoms with Crippen molar-refractivity contribution in [1.29, 1.82) is 0 Å². The lowest BCUT2D eigenvalue weighted by Gasteiger charge is -2.31. The Labute approximate surface area is 205 Å². The molecule has 5 rings (SSSR count). The molecule has 9 heteroatoms. The maximum atomic E-state index is 13.5. The summed E-state index contributed by atoms with van der Waals surface area (Å²) in [6.07, 6.45) is 0.509. The van der Waals surface area contributed by atoms with Crippen molar-refractivity contribution < 1.29 is 14.2 Å². The van der Waals surface area contributed by atoms with E-state index in [2.05, 4.69) is 44.3 Å². The molecule has 1 aromatic heterocycles. The lowest BCUT2D eigenvalue weighted by molar-refractivity contribution is 0.0732. The van der Waals surface area contributed by atoms with Crippen LogP contribution in [0.25, 0.3) is 11.1 Å². The molecule has 0 bridgehead atoms. The van der Waals surface area contributed by atoms with Crippen LogP contribution in [-0.4, -0.2) is 83.3 Å². The van der Waals surface area contributed by atoms with Gasteiger partial charge in [0.2, 0.25) is 5.89 Å². The zero-order chi connectivity index (χ0) is 24.2. The number of carbonyl (C=O) groups is 1. The van der Waals surface area contributed by atoms with Crippen molar-refractivity contribution in [2.45, 2.75) is 19.0 Å². The Morgan fingerprint density at radius 1 is 1.06 bits per heavy atom. The van der Waals surface area contributed by atoms with Gasteiger partial charge in [0.05, 0.1) is 18.8 Å².